The van der Waals surface area contributed by atoms with Crippen molar-refractivity contribution in [1.29, 1.82) is 0 Å². The van der Waals surface area contributed by atoms with E-state index < -0.39 is 0 Å². The van der Waals surface area contributed by atoms with Crippen LogP contribution in [0.1, 0.15) is 12.8 Å². The van der Waals surface area contributed by atoms with Crippen molar-refractivity contribution in [2.24, 2.45) is 0 Å². The molecule has 0 unspecified atom stereocenters. The number of hydrogen-bond donors (Lipinski definition) is 1. The molecule has 0 aliphatic carbocycles. The molecule has 1 N–H and O–H groups in total. The van der Waals surface area contributed by atoms with Crippen LogP contribution in [0, 0.1) is 6.54 Å². The lowest BCUT2D eigenvalue weighted by Crippen LogP contribution is -2.19. The van der Waals surface area contributed by atoms with Gasteiger partial charge in [-0.15, -0.1) is 0 Å². The van der Waals surface area contributed by atoms with E-state index in [4.69, 9.17) is 0 Å². The van der Waals surface area contributed by atoms with Gasteiger partial charge in [-0.3, -0.25) is 4.79 Å². The summed E-state index contributed by atoms with van der Waals surface area (Å²) in [5.41, 5.74) is 0. The lowest BCUT2D eigenvalue weighted by atomic mass is 10.3. The largest absolute Gasteiger partial charge is 0.348 e. The summed E-state index contributed by atoms with van der Waals surface area (Å²) >= 11 is 0. The van der Waals surface area contributed by atoms with Gasteiger partial charge in [0.05, 0.1) is 0 Å². The zero-order chi connectivity index (χ0) is 9.40. The first-order valence-corrected chi connectivity index (χ1v) is 4.06. The Morgan fingerprint density at radius 2 is 2.25 bits per heavy atom. The quantitative estimate of drug-likeness (QED) is 0.471. The van der Waals surface area contributed by atoms with E-state index in [-0.39, 0.29) is 5.91 Å². The highest BCUT2D eigenvalue weighted by atomic mass is 16.1. The van der Waals surface area contributed by atoms with Gasteiger partial charge in [0.2, 0.25) is 5.91 Å². The molecule has 0 saturated carbocycles. The number of carbonyl (C=O) groups excluding carboxylic acids is 1. The zero-order valence-electron chi connectivity index (χ0n) is 7.84. The second kappa shape index (κ2) is 6.85. The topological polar surface area (TPSA) is 32.3 Å². The Morgan fingerprint density at radius 1 is 1.58 bits per heavy atom. The highest BCUT2D eigenvalue weighted by molar-refractivity contribution is 5.87. The molecule has 0 aromatic rings. The molecule has 0 aliphatic heterocycles. The van der Waals surface area contributed by atoms with Gasteiger partial charge in [0.15, 0.2) is 0 Å². The van der Waals surface area contributed by atoms with E-state index >= 15 is 0 Å². The average molecular weight is 169 g/mol. The summed E-state index contributed by atoms with van der Waals surface area (Å²) in [7, 11) is 4.06. The SMILES string of the molecule is C=CC(=O)N[CH]CCCN(C)C. The molecule has 0 fully saturated rings. The molecule has 0 saturated heterocycles. The van der Waals surface area contributed by atoms with E-state index in [0.29, 0.717) is 0 Å². The van der Waals surface area contributed by atoms with Crippen molar-refractivity contribution in [2.45, 2.75) is 12.8 Å². The molecule has 1 radical (unpaired) electrons. The number of carbonyl (C=O) groups is 1. The second-order valence-corrected chi connectivity index (χ2v) is 2.86. The van der Waals surface area contributed by atoms with Crippen LogP contribution in [0.15, 0.2) is 12.7 Å². The van der Waals surface area contributed by atoms with Crippen LogP contribution in [0.25, 0.3) is 0 Å². The molecule has 0 atom stereocenters. The maximum absolute atomic E-state index is 10.6. The Hall–Kier alpha value is -0.830. The fourth-order valence-electron chi connectivity index (χ4n) is 0.741. The number of nitrogens with zero attached hydrogens (tertiary/aromatic N) is 1. The molecule has 0 aliphatic rings. The van der Waals surface area contributed by atoms with Crippen molar-refractivity contribution in [3.63, 3.8) is 0 Å². The van der Waals surface area contributed by atoms with Crippen molar-refractivity contribution in [1.82, 2.24) is 10.2 Å². The van der Waals surface area contributed by atoms with E-state index in [9.17, 15) is 4.79 Å². The maximum atomic E-state index is 10.6. The van der Waals surface area contributed by atoms with E-state index in [1.165, 1.54) is 6.08 Å². The van der Waals surface area contributed by atoms with E-state index in [2.05, 4.69) is 16.8 Å². The van der Waals surface area contributed by atoms with Gasteiger partial charge in [0.1, 0.15) is 0 Å². The molecule has 0 heterocycles. The molecule has 0 rings (SSSR count). The summed E-state index contributed by atoms with van der Waals surface area (Å²) in [6, 6.07) is 0. The van der Waals surface area contributed by atoms with Gasteiger partial charge >= 0.3 is 0 Å². The number of unbranched alkanes of at least 4 members (excludes halogenated alkanes) is 1. The predicted molar refractivity (Wildman–Crippen MR) is 50.4 cm³/mol. The Bertz CT molecular complexity index is 143. The zero-order valence-corrected chi connectivity index (χ0v) is 7.84. The summed E-state index contributed by atoms with van der Waals surface area (Å²) in [5, 5.41) is 2.61. The monoisotopic (exact) mass is 169 g/mol. The number of rotatable bonds is 6. The van der Waals surface area contributed by atoms with Gasteiger partial charge in [-0.05, 0) is 39.6 Å². The summed E-state index contributed by atoms with van der Waals surface area (Å²) < 4.78 is 0. The number of hydrogen-bond acceptors (Lipinski definition) is 2. The molecule has 0 spiro atoms. The fraction of sp³-hybridized carbons (Fsp3) is 0.556. The average Bonchev–Trinajstić information content (AvgIpc) is 2.03. The lowest BCUT2D eigenvalue weighted by Gasteiger charge is -2.08. The van der Waals surface area contributed by atoms with Gasteiger partial charge in [-0.25, -0.2) is 0 Å². The molecule has 0 bridgehead atoms. The van der Waals surface area contributed by atoms with Crippen molar-refractivity contribution < 1.29 is 4.79 Å². The standard InChI is InChI=1S/C9H17N2O/c1-4-9(12)10-7-5-6-8-11(2)3/h4,7H,1,5-6,8H2,2-3H3,(H,10,12). The summed E-state index contributed by atoms with van der Waals surface area (Å²) in [5.74, 6) is -0.139. The van der Waals surface area contributed by atoms with Crippen LogP contribution in [0.2, 0.25) is 0 Å². The van der Waals surface area contributed by atoms with Crippen LogP contribution in [0.5, 0.6) is 0 Å². The minimum absolute atomic E-state index is 0.139. The normalized spacial score (nSPS) is 9.92. The van der Waals surface area contributed by atoms with Crippen LogP contribution < -0.4 is 5.32 Å². The van der Waals surface area contributed by atoms with Crippen LogP contribution in [0.4, 0.5) is 0 Å². The van der Waals surface area contributed by atoms with Crippen molar-refractivity contribution in [3.05, 3.63) is 19.2 Å². The van der Waals surface area contributed by atoms with Crippen LogP contribution in [0.3, 0.4) is 0 Å². The van der Waals surface area contributed by atoms with E-state index in [1.807, 2.05) is 14.1 Å². The van der Waals surface area contributed by atoms with E-state index in [1.54, 1.807) is 6.54 Å². The molecule has 1 amide bonds. The van der Waals surface area contributed by atoms with Gasteiger partial charge in [-0.2, -0.15) is 0 Å². The molecule has 12 heavy (non-hydrogen) atoms. The molecule has 3 nitrogen and oxygen atoms in total. The second-order valence-electron chi connectivity index (χ2n) is 2.86. The van der Waals surface area contributed by atoms with Crippen LogP contribution >= 0.6 is 0 Å². The lowest BCUT2D eigenvalue weighted by molar-refractivity contribution is -0.115. The third-order valence-electron chi connectivity index (χ3n) is 1.38. The minimum Gasteiger partial charge on any atom is -0.348 e. The predicted octanol–water partition coefficient (Wildman–Crippen LogP) is 0.792. The molecular formula is C9H17N2O. The Kier molecular flexibility index (Phi) is 6.38. The molecule has 0 aromatic heterocycles. The van der Waals surface area contributed by atoms with Gasteiger partial charge in [0.25, 0.3) is 0 Å². The smallest absolute Gasteiger partial charge is 0.243 e. The summed E-state index contributed by atoms with van der Waals surface area (Å²) in [6.45, 7) is 6.16. The third-order valence-corrected chi connectivity index (χ3v) is 1.38. The van der Waals surface area contributed by atoms with Gasteiger partial charge in [0, 0.05) is 6.54 Å². The maximum Gasteiger partial charge on any atom is 0.243 e. The summed E-state index contributed by atoms with van der Waals surface area (Å²) in [6.07, 6.45) is 3.23. The van der Waals surface area contributed by atoms with E-state index in [0.717, 1.165) is 19.4 Å². The molecule has 3 heteroatoms. The highest BCUT2D eigenvalue weighted by Gasteiger charge is 1.94. The fourth-order valence-corrected chi connectivity index (χ4v) is 0.741. The first-order chi connectivity index (χ1) is 5.66. The first-order valence-electron chi connectivity index (χ1n) is 4.06. The van der Waals surface area contributed by atoms with Gasteiger partial charge in [-0.1, -0.05) is 6.58 Å². The number of amides is 1. The highest BCUT2D eigenvalue weighted by Crippen LogP contribution is 1.92. The van der Waals surface area contributed by atoms with Crippen molar-refractivity contribution >= 4 is 5.91 Å². The molecule has 0 aromatic carbocycles. The Labute approximate surface area is 74.4 Å². The third kappa shape index (κ3) is 7.28. The Morgan fingerprint density at radius 3 is 2.75 bits per heavy atom. The van der Waals surface area contributed by atoms with Crippen LogP contribution in [-0.2, 0) is 4.79 Å². The Balaban J connectivity index is 3.11. The van der Waals surface area contributed by atoms with Crippen molar-refractivity contribution in [2.75, 3.05) is 20.6 Å². The molecule has 69 valence electrons. The summed E-state index contributed by atoms with van der Waals surface area (Å²) in [4.78, 5) is 12.8. The number of nitrogens with one attached hydrogen (secondary N) is 1. The van der Waals surface area contributed by atoms with Gasteiger partial charge < -0.3 is 10.2 Å². The van der Waals surface area contributed by atoms with Crippen molar-refractivity contribution in [3.8, 4) is 0 Å². The minimum atomic E-state index is -0.139. The van der Waals surface area contributed by atoms with Crippen LogP contribution in [-0.4, -0.2) is 31.4 Å². The first kappa shape index (κ1) is 11.2. The molecular weight excluding hydrogens is 152 g/mol.